The van der Waals surface area contributed by atoms with Gasteiger partial charge in [-0.25, -0.2) is 0 Å². The van der Waals surface area contributed by atoms with Crippen LogP contribution in [0.4, 0.5) is 5.69 Å². The number of rotatable bonds is 4. The summed E-state index contributed by atoms with van der Waals surface area (Å²) in [7, 11) is 0. The van der Waals surface area contributed by atoms with Gasteiger partial charge in [0.1, 0.15) is 5.75 Å². The molecule has 0 bridgehead atoms. The van der Waals surface area contributed by atoms with Crippen LogP contribution in [0, 0.1) is 0 Å². The van der Waals surface area contributed by atoms with Crippen LogP contribution in [0.2, 0.25) is 0 Å². The third kappa shape index (κ3) is 3.81. The Kier molecular flexibility index (Phi) is 4.61. The van der Waals surface area contributed by atoms with E-state index in [2.05, 4.69) is 31.9 Å². The molecule has 0 saturated heterocycles. The standard InChI is InChI=1S/C14H11Br2NO2/c15-9-4-5-13(16)12(6-9)14(18)8-19-11-3-1-2-10(17)7-11/h1-7H,8,17H2. The number of Topliss-reactive ketones (excluding diaryl/α,β-unsaturated/α-hetero) is 1. The van der Waals surface area contributed by atoms with Crippen molar-refractivity contribution in [3.63, 3.8) is 0 Å². The van der Waals surface area contributed by atoms with E-state index in [0.29, 0.717) is 17.0 Å². The number of halogens is 2. The van der Waals surface area contributed by atoms with Crippen LogP contribution in [0.25, 0.3) is 0 Å². The largest absolute Gasteiger partial charge is 0.485 e. The lowest BCUT2D eigenvalue weighted by atomic mass is 10.1. The third-order valence-corrected chi connectivity index (χ3v) is 3.64. The molecule has 0 saturated carbocycles. The SMILES string of the molecule is Nc1cccc(OCC(=O)c2cc(Br)ccc2Br)c1. The molecule has 0 aliphatic rings. The maximum absolute atomic E-state index is 12.1. The highest BCUT2D eigenvalue weighted by Crippen LogP contribution is 2.22. The summed E-state index contributed by atoms with van der Waals surface area (Å²) in [6.07, 6.45) is 0. The molecule has 2 aromatic carbocycles. The molecule has 2 N–H and O–H groups in total. The van der Waals surface area contributed by atoms with Gasteiger partial charge in [-0.1, -0.05) is 37.9 Å². The van der Waals surface area contributed by atoms with Gasteiger partial charge in [-0.15, -0.1) is 0 Å². The van der Waals surface area contributed by atoms with Gasteiger partial charge in [0.25, 0.3) is 0 Å². The Morgan fingerprint density at radius 1 is 1.16 bits per heavy atom. The van der Waals surface area contributed by atoms with Crippen molar-refractivity contribution in [3.8, 4) is 5.75 Å². The first kappa shape index (κ1) is 14.1. The molecule has 0 aliphatic carbocycles. The molecule has 2 aromatic rings. The van der Waals surface area contributed by atoms with Gasteiger partial charge >= 0.3 is 0 Å². The van der Waals surface area contributed by atoms with Crippen molar-refractivity contribution < 1.29 is 9.53 Å². The fraction of sp³-hybridized carbons (Fsp3) is 0.0714. The van der Waals surface area contributed by atoms with Crippen LogP contribution >= 0.6 is 31.9 Å². The Hall–Kier alpha value is -1.33. The number of carbonyl (C=O) groups is 1. The number of nitrogen functional groups attached to an aromatic ring is 1. The van der Waals surface area contributed by atoms with Gasteiger partial charge in [0.05, 0.1) is 0 Å². The number of hydrogen-bond acceptors (Lipinski definition) is 3. The highest BCUT2D eigenvalue weighted by atomic mass is 79.9. The van der Waals surface area contributed by atoms with Crippen LogP contribution < -0.4 is 10.5 Å². The van der Waals surface area contributed by atoms with Crippen LogP contribution in [-0.2, 0) is 0 Å². The maximum Gasteiger partial charge on any atom is 0.201 e. The molecular formula is C14H11Br2NO2. The molecule has 2 rings (SSSR count). The molecule has 0 atom stereocenters. The summed E-state index contributed by atoms with van der Waals surface area (Å²) in [4.78, 5) is 12.1. The van der Waals surface area contributed by atoms with Crippen molar-refractivity contribution in [2.45, 2.75) is 0 Å². The van der Waals surface area contributed by atoms with Crippen molar-refractivity contribution in [2.24, 2.45) is 0 Å². The van der Waals surface area contributed by atoms with Gasteiger partial charge in [0.2, 0.25) is 5.78 Å². The first-order valence-corrected chi connectivity index (χ1v) is 7.11. The zero-order valence-electron chi connectivity index (χ0n) is 9.90. The number of carbonyl (C=O) groups excluding carboxylic acids is 1. The Morgan fingerprint density at radius 3 is 2.68 bits per heavy atom. The van der Waals surface area contributed by atoms with Crippen LogP contribution in [0.5, 0.6) is 5.75 Å². The topological polar surface area (TPSA) is 52.3 Å². The summed E-state index contributed by atoms with van der Waals surface area (Å²) in [5, 5.41) is 0. The molecule has 0 fully saturated rings. The lowest BCUT2D eigenvalue weighted by Gasteiger charge is -2.07. The fourth-order valence-corrected chi connectivity index (χ4v) is 2.37. The zero-order valence-corrected chi connectivity index (χ0v) is 13.1. The summed E-state index contributed by atoms with van der Waals surface area (Å²) < 4.78 is 7.03. The van der Waals surface area contributed by atoms with E-state index in [0.717, 1.165) is 8.95 Å². The zero-order chi connectivity index (χ0) is 13.8. The first-order chi connectivity index (χ1) is 9.06. The Labute approximate surface area is 128 Å². The fourth-order valence-electron chi connectivity index (χ4n) is 1.54. The minimum Gasteiger partial charge on any atom is -0.485 e. The number of nitrogens with two attached hydrogens (primary N) is 1. The highest BCUT2D eigenvalue weighted by molar-refractivity contribution is 9.11. The minimum absolute atomic E-state index is 0.0293. The predicted octanol–water partition coefficient (Wildman–Crippen LogP) is 4.06. The average molecular weight is 385 g/mol. The number of ether oxygens (including phenoxy) is 1. The molecule has 0 radical (unpaired) electrons. The number of benzene rings is 2. The highest BCUT2D eigenvalue weighted by Gasteiger charge is 2.11. The molecule has 0 heterocycles. The van der Waals surface area contributed by atoms with Gasteiger partial charge < -0.3 is 10.5 Å². The summed E-state index contributed by atoms with van der Waals surface area (Å²) in [5.41, 5.74) is 6.83. The average Bonchev–Trinajstić information content (AvgIpc) is 2.39. The maximum atomic E-state index is 12.1. The quantitative estimate of drug-likeness (QED) is 0.638. The summed E-state index contributed by atoms with van der Waals surface area (Å²) in [5.74, 6) is 0.482. The van der Waals surface area contributed by atoms with E-state index in [1.165, 1.54) is 0 Å². The van der Waals surface area contributed by atoms with E-state index < -0.39 is 0 Å². The molecule has 5 heteroatoms. The number of hydrogen-bond donors (Lipinski definition) is 1. The number of anilines is 1. The van der Waals surface area contributed by atoms with E-state index in [1.54, 1.807) is 30.3 Å². The van der Waals surface area contributed by atoms with Gasteiger partial charge in [-0.2, -0.15) is 0 Å². The second-order valence-corrected chi connectivity index (χ2v) is 5.68. The van der Waals surface area contributed by atoms with Crippen LogP contribution in [0.3, 0.4) is 0 Å². The van der Waals surface area contributed by atoms with E-state index in [1.807, 2.05) is 12.1 Å². The monoisotopic (exact) mass is 383 g/mol. The Balaban J connectivity index is 2.07. The summed E-state index contributed by atoms with van der Waals surface area (Å²) in [6.45, 7) is -0.0293. The molecule has 0 unspecified atom stereocenters. The minimum atomic E-state index is -0.101. The van der Waals surface area contributed by atoms with Gasteiger partial charge in [-0.3, -0.25) is 4.79 Å². The van der Waals surface area contributed by atoms with Gasteiger partial charge in [0.15, 0.2) is 6.61 Å². The number of ketones is 1. The van der Waals surface area contributed by atoms with Crippen molar-refractivity contribution in [1.82, 2.24) is 0 Å². The lowest BCUT2D eigenvalue weighted by molar-refractivity contribution is 0.0920. The van der Waals surface area contributed by atoms with E-state index in [9.17, 15) is 4.79 Å². The molecule has 98 valence electrons. The summed E-state index contributed by atoms with van der Waals surface area (Å²) >= 11 is 6.69. The van der Waals surface area contributed by atoms with Gasteiger partial charge in [-0.05, 0) is 30.3 Å². The molecular weight excluding hydrogens is 374 g/mol. The molecule has 19 heavy (non-hydrogen) atoms. The molecule has 0 aromatic heterocycles. The normalized spacial score (nSPS) is 10.2. The molecule has 0 aliphatic heterocycles. The van der Waals surface area contributed by atoms with Crippen molar-refractivity contribution in [1.29, 1.82) is 0 Å². The predicted molar refractivity (Wildman–Crippen MR) is 82.5 cm³/mol. The first-order valence-electron chi connectivity index (χ1n) is 5.53. The van der Waals surface area contributed by atoms with E-state index in [4.69, 9.17) is 10.5 Å². The van der Waals surface area contributed by atoms with Crippen molar-refractivity contribution in [3.05, 3.63) is 57.0 Å². The van der Waals surface area contributed by atoms with E-state index in [-0.39, 0.29) is 12.4 Å². The lowest BCUT2D eigenvalue weighted by Crippen LogP contribution is -2.12. The van der Waals surface area contributed by atoms with Gasteiger partial charge in [0, 0.05) is 26.3 Å². The van der Waals surface area contributed by atoms with Crippen LogP contribution in [-0.4, -0.2) is 12.4 Å². The van der Waals surface area contributed by atoms with E-state index >= 15 is 0 Å². The van der Waals surface area contributed by atoms with Crippen molar-refractivity contribution in [2.75, 3.05) is 12.3 Å². The van der Waals surface area contributed by atoms with Crippen LogP contribution in [0.1, 0.15) is 10.4 Å². The molecule has 3 nitrogen and oxygen atoms in total. The van der Waals surface area contributed by atoms with Crippen molar-refractivity contribution >= 4 is 43.3 Å². The molecule has 0 amide bonds. The Bertz CT molecular complexity index is 614. The Morgan fingerprint density at radius 2 is 1.95 bits per heavy atom. The second-order valence-electron chi connectivity index (χ2n) is 3.91. The second kappa shape index (κ2) is 6.21. The molecule has 0 spiro atoms. The third-order valence-electron chi connectivity index (χ3n) is 2.46. The summed E-state index contributed by atoms with van der Waals surface area (Å²) in [6, 6.07) is 12.4. The van der Waals surface area contributed by atoms with Crippen LogP contribution in [0.15, 0.2) is 51.4 Å². The smallest absolute Gasteiger partial charge is 0.201 e.